The molecule has 0 aromatic carbocycles. The van der Waals surface area contributed by atoms with Crippen molar-refractivity contribution in [1.82, 2.24) is 5.43 Å². The molecule has 1 rings (SSSR count). The first-order valence-electron chi connectivity index (χ1n) is 9.08. The molecule has 0 saturated heterocycles. The zero-order valence-corrected chi connectivity index (χ0v) is 17.9. The second-order valence-electron chi connectivity index (χ2n) is 5.58. The summed E-state index contributed by atoms with van der Waals surface area (Å²) in [5.41, 5.74) is 3.67. The summed E-state index contributed by atoms with van der Waals surface area (Å²) in [7, 11) is -0.545. The largest absolute Gasteiger partial charge is 0.501 e. The van der Waals surface area contributed by atoms with Crippen molar-refractivity contribution >= 4 is 26.5 Å². The molecule has 10 heteroatoms. The van der Waals surface area contributed by atoms with E-state index >= 15 is 0 Å². The number of carbonyl (C=O) groups excluding carboxylic acids is 2. The highest BCUT2D eigenvalue weighted by atomic mass is 28.4. The summed E-state index contributed by atoms with van der Waals surface area (Å²) in [6.45, 7) is 8.65. The standard InChI is InChI=1S/C17H30N2O7Si/c1-7-12-13(11-27(24-8-2,25-9-3)26-10-4)15(17(21)23-6)19-18-14(12)16(20)22-5/h13,18H,7-11H2,1-6H3. The highest BCUT2D eigenvalue weighted by Crippen LogP contribution is 2.33. The molecule has 154 valence electrons. The van der Waals surface area contributed by atoms with Crippen molar-refractivity contribution in [3.8, 4) is 0 Å². The van der Waals surface area contributed by atoms with Crippen molar-refractivity contribution in [3.63, 3.8) is 0 Å². The average Bonchev–Trinajstić information content (AvgIpc) is 2.66. The van der Waals surface area contributed by atoms with Gasteiger partial charge in [-0.15, -0.1) is 0 Å². The van der Waals surface area contributed by atoms with Gasteiger partial charge in [-0.2, -0.15) is 5.10 Å². The van der Waals surface area contributed by atoms with Crippen LogP contribution in [0.5, 0.6) is 0 Å². The van der Waals surface area contributed by atoms with Crippen LogP contribution in [-0.4, -0.2) is 60.5 Å². The molecular weight excluding hydrogens is 372 g/mol. The molecule has 1 N–H and O–H groups in total. The Labute approximate surface area is 161 Å². The summed E-state index contributed by atoms with van der Waals surface area (Å²) in [5, 5.41) is 4.08. The third-order valence-electron chi connectivity index (χ3n) is 4.07. The average molecular weight is 403 g/mol. The minimum absolute atomic E-state index is 0.151. The Hall–Kier alpha value is -1.75. The van der Waals surface area contributed by atoms with Gasteiger partial charge in [-0.1, -0.05) is 6.92 Å². The molecule has 0 bridgehead atoms. The Morgan fingerprint density at radius 3 is 1.89 bits per heavy atom. The highest BCUT2D eigenvalue weighted by molar-refractivity contribution is 6.61. The molecule has 0 radical (unpaired) electrons. The zero-order chi connectivity index (χ0) is 20.4. The van der Waals surface area contributed by atoms with Crippen molar-refractivity contribution in [3.05, 3.63) is 11.3 Å². The normalized spacial score (nSPS) is 17.3. The van der Waals surface area contributed by atoms with Crippen LogP contribution < -0.4 is 5.43 Å². The van der Waals surface area contributed by atoms with Crippen LogP contribution in [0.2, 0.25) is 6.04 Å². The summed E-state index contributed by atoms with van der Waals surface area (Å²) in [5.74, 6) is -1.69. The van der Waals surface area contributed by atoms with E-state index in [1.807, 2.05) is 27.7 Å². The highest BCUT2D eigenvalue weighted by Gasteiger charge is 2.47. The third kappa shape index (κ3) is 5.61. The predicted molar refractivity (Wildman–Crippen MR) is 101 cm³/mol. The topological polar surface area (TPSA) is 105 Å². The molecule has 1 aliphatic heterocycles. The van der Waals surface area contributed by atoms with Crippen molar-refractivity contribution < 1.29 is 32.3 Å². The fourth-order valence-corrected chi connectivity index (χ4v) is 5.89. The van der Waals surface area contributed by atoms with Gasteiger partial charge in [0.05, 0.1) is 14.2 Å². The van der Waals surface area contributed by atoms with Crippen molar-refractivity contribution in [2.24, 2.45) is 11.0 Å². The van der Waals surface area contributed by atoms with Gasteiger partial charge in [0.15, 0.2) is 5.71 Å². The first kappa shape index (κ1) is 23.3. The Bertz CT molecular complexity index is 575. The maximum atomic E-state index is 12.3. The molecular formula is C17H30N2O7Si. The van der Waals surface area contributed by atoms with Crippen molar-refractivity contribution in [1.29, 1.82) is 0 Å². The monoisotopic (exact) mass is 402 g/mol. The number of nitrogens with zero attached hydrogens (tertiary/aromatic N) is 1. The number of rotatable bonds is 11. The number of nitrogens with one attached hydrogen (secondary N) is 1. The van der Waals surface area contributed by atoms with Crippen LogP contribution in [0.25, 0.3) is 0 Å². The number of hydrogen-bond acceptors (Lipinski definition) is 9. The molecule has 0 amide bonds. The summed E-state index contributed by atoms with van der Waals surface area (Å²) in [6.07, 6.45) is 0.493. The maximum Gasteiger partial charge on any atom is 0.501 e. The van der Waals surface area contributed by atoms with E-state index in [9.17, 15) is 9.59 Å². The number of ether oxygens (including phenoxy) is 2. The molecule has 9 nitrogen and oxygen atoms in total. The second kappa shape index (κ2) is 11.2. The van der Waals surface area contributed by atoms with Crippen LogP contribution in [-0.2, 0) is 32.3 Å². The van der Waals surface area contributed by atoms with E-state index in [1.54, 1.807) is 0 Å². The molecule has 0 spiro atoms. The molecule has 1 atom stereocenters. The third-order valence-corrected chi connectivity index (χ3v) is 7.17. The SMILES string of the molecule is CCO[Si](CC1C(C(=O)OC)=NNC(C(=O)OC)=C1CC)(OCC)OCC. The minimum Gasteiger partial charge on any atom is -0.464 e. The van der Waals surface area contributed by atoms with Gasteiger partial charge in [0, 0.05) is 31.8 Å². The predicted octanol–water partition coefficient (Wildman–Crippen LogP) is 1.62. The maximum absolute atomic E-state index is 12.3. The van der Waals surface area contributed by atoms with Gasteiger partial charge in [0.25, 0.3) is 0 Å². The van der Waals surface area contributed by atoms with Crippen LogP contribution in [0, 0.1) is 5.92 Å². The van der Waals surface area contributed by atoms with E-state index in [2.05, 4.69) is 10.5 Å². The molecule has 1 unspecified atom stereocenters. The van der Waals surface area contributed by atoms with Gasteiger partial charge in [-0.05, 0) is 32.8 Å². The first-order chi connectivity index (χ1) is 12.9. The number of hydrogen-bond donors (Lipinski definition) is 1. The van der Waals surface area contributed by atoms with Gasteiger partial charge in [-0.3, -0.25) is 5.43 Å². The fourth-order valence-electron chi connectivity index (χ4n) is 3.03. The molecule has 0 aliphatic carbocycles. The smallest absolute Gasteiger partial charge is 0.464 e. The number of carbonyl (C=O) groups is 2. The van der Waals surface area contributed by atoms with E-state index < -0.39 is 26.7 Å². The fraction of sp³-hybridized carbons (Fsp3) is 0.706. The lowest BCUT2D eigenvalue weighted by atomic mass is 9.90. The van der Waals surface area contributed by atoms with Gasteiger partial charge >= 0.3 is 20.7 Å². The number of allylic oxidation sites excluding steroid dienone is 1. The zero-order valence-electron chi connectivity index (χ0n) is 16.9. The Morgan fingerprint density at radius 1 is 0.963 bits per heavy atom. The Kier molecular flexibility index (Phi) is 9.64. The van der Waals surface area contributed by atoms with Gasteiger partial charge < -0.3 is 22.8 Å². The van der Waals surface area contributed by atoms with Crippen LogP contribution >= 0.6 is 0 Å². The number of methoxy groups -OCH3 is 2. The Morgan fingerprint density at radius 2 is 1.48 bits per heavy atom. The van der Waals surface area contributed by atoms with Crippen LogP contribution in [0.4, 0.5) is 0 Å². The molecule has 1 aliphatic rings. The number of hydrazone groups is 1. The van der Waals surface area contributed by atoms with E-state index in [-0.39, 0.29) is 17.5 Å². The van der Waals surface area contributed by atoms with Crippen LogP contribution in [0.15, 0.2) is 16.4 Å². The lowest BCUT2D eigenvalue weighted by Crippen LogP contribution is -2.50. The molecule has 0 aromatic heterocycles. The minimum atomic E-state index is -3.12. The Balaban J connectivity index is 3.42. The molecule has 27 heavy (non-hydrogen) atoms. The molecule has 1 heterocycles. The van der Waals surface area contributed by atoms with Crippen LogP contribution in [0.1, 0.15) is 34.1 Å². The van der Waals surface area contributed by atoms with Gasteiger partial charge in [0.1, 0.15) is 5.70 Å². The second-order valence-corrected chi connectivity index (χ2v) is 8.22. The summed E-state index contributed by atoms with van der Waals surface area (Å²) in [4.78, 5) is 24.5. The van der Waals surface area contributed by atoms with Crippen molar-refractivity contribution in [2.75, 3.05) is 34.0 Å². The van der Waals surface area contributed by atoms with E-state index in [4.69, 9.17) is 22.8 Å². The molecule has 0 fully saturated rings. The summed E-state index contributed by atoms with van der Waals surface area (Å²) in [6, 6.07) is 0.266. The van der Waals surface area contributed by atoms with Gasteiger partial charge in [-0.25, -0.2) is 9.59 Å². The van der Waals surface area contributed by atoms with E-state index in [1.165, 1.54) is 14.2 Å². The van der Waals surface area contributed by atoms with E-state index in [0.29, 0.717) is 31.8 Å². The molecule has 0 aromatic rings. The quantitative estimate of drug-likeness (QED) is 0.411. The summed E-state index contributed by atoms with van der Waals surface area (Å²) >= 11 is 0. The lowest BCUT2D eigenvalue weighted by Gasteiger charge is -2.34. The van der Waals surface area contributed by atoms with Crippen LogP contribution in [0.3, 0.4) is 0 Å². The lowest BCUT2D eigenvalue weighted by molar-refractivity contribution is -0.137. The van der Waals surface area contributed by atoms with Gasteiger partial charge in [0.2, 0.25) is 0 Å². The van der Waals surface area contributed by atoms with E-state index in [0.717, 1.165) is 0 Å². The van der Waals surface area contributed by atoms with Crippen molar-refractivity contribution in [2.45, 2.75) is 40.2 Å². The first-order valence-corrected chi connectivity index (χ1v) is 11.0. The molecule has 0 saturated carbocycles. The number of esters is 2. The summed E-state index contributed by atoms with van der Waals surface area (Å²) < 4.78 is 27.5.